The zero-order valence-corrected chi connectivity index (χ0v) is 14.0. The summed E-state index contributed by atoms with van der Waals surface area (Å²) in [6.45, 7) is 3.49. The first-order valence-electron chi connectivity index (χ1n) is 7.88. The topological polar surface area (TPSA) is 57.6 Å². The van der Waals surface area contributed by atoms with E-state index in [1.807, 2.05) is 0 Å². The summed E-state index contributed by atoms with van der Waals surface area (Å²) in [7, 11) is 0. The molecule has 0 saturated carbocycles. The van der Waals surface area contributed by atoms with Crippen molar-refractivity contribution in [3.8, 4) is 11.1 Å². The van der Waals surface area contributed by atoms with Crippen LogP contribution in [0.1, 0.15) is 30.6 Å². The van der Waals surface area contributed by atoms with E-state index in [1.54, 1.807) is 19.9 Å². The molecule has 0 aliphatic carbocycles. The number of hydrogen-bond acceptors (Lipinski definition) is 2. The lowest BCUT2D eigenvalue weighted by molar-refractivity contribution is -0.137. The van der Waals surface area contributed by atoms with Gasteiger partial charge in [-0.2, -0.15) is 0 Å². The number of carboxylic acids is 1. The second-order valence-corrected chi connectivity index (χ2v) is 5.94. The minimum absolute atomic E-state index is 0.00495. The number of carbonyl (C=O) groups excluding carboxylic acids is 1. The summed E-state index contributed by atoms with van der Waals surface area (Å²) in [5, 5.41) is 8.79. The Hall–Kier alpha value is -2.76. The number of carboxylic acid groups (broad SMARTS) is 1. The van der Waals surface area contributed by atoms with E-state index >= 15 is 0 Å². The Morgan fingerprint density at radius 3 is 2.16 bits per heavy atom. The first kappa shape index (κ1) is 18.6. The minimum atomic E-state index is -1.02. The summed E-state index contributed by atoms with van der Waals surface area (Å²) in [4.78, 5) is 24.6. The number of amides is 1. The van der Waals surface area contributed by atoms with Crippen molar-refractivity contribution in [1.82, 2.24) is 4.90 Å². The van der Waals surface area contributed by atoms with Crippen LogP contribution in [0.25, 0.3) is 11.1 Å². The van der Waals surface area contributed by atoms with Gasteiger partial charge in [0.2, 0.25) is 0 Å². The molecule has 4 nitrogen and oxygen atoms in total. The molecule has 132 valence electrons. The summed E-state index contributed by atoms with van der Waals surface area (Å²) in [6, 6.07) is 9.51. The maximum atomic E-state index is 14.5. The lowest BCUT2D eigenvalue weighted by atomic mass is 10.0. The number of nitrogens with zero attached hydrogens (tertiary/aromatic N) is 1. The van der Waals surface area contributed by atoms with Crippen molar-refractivity contribution in [3.05, 3.63) is 59.7 Å². The zero-order valence-electron chi connectivity index (χ0n) is 14.0. The van der Waals surface area contributed by atoms with Gasteiger partial charge in [-0.1, -0.05) is 18.2 Å². The summed E-state index contributed by atoms with van der Waals surface area (Å²) >= 11 is 0. The zero-order chi connectivity index (χ0) is 18.6. The molecule has 0 bridgehead atoms. The van der Waals surface area contributed by atoms with Gasteiger partial charge in [-0.15, -0.1) is 0 Å². The molecule has 0 heterocycles. The predicted octanol–water partition coefficient (Wildman–Crippen LogP) is 3.96. The number of hydrogen-bond donors (Lipinski definition) is 1. The SMILES string of the molecule is CC(C)N(CCC(=O)O)C(=O)c1ccc(-c2ccc(F)cc2)cc1F. The number of benzene rings is 2. The molecule has 0 fully saturated rings. The normalized spacial score (nSPS) is 10.8. The van der Waals surface area contributed by atoms with E-state index < -0.39 is 17.7 Å². The third kappa shape index (κ3) is 4.62. The molecule has 0 radical (unpaired) electrons. The Morgan fingerprint density at radius 2 is 1.64 bits per heavy atom. The highest BCUT2D eigenvalue weighted by atomic mass is 19.1. The molecular formula is C19H19F2NO3. The third-order valence-electron chi connectivity index (χ3n) is 3.83. The fourth-order valence-electron chi connectivity index (χ4n) is 2.48. The Balaban J connectivity index is 2.27. The molecule has 1 N–H and O–H groups in total. The van der Waals surface area contributed by atoms with Gasteiger partial charge in [-0.25, -0.2) is 8.78 Å². The average molecular weight is 347 g/mol. The van der Waals surface area contributed by atoms with E-state index in [0.29, 0.717) is 11.1 Å². The average Bonchev–Trinajstić information content (AvgIpc) is 2.54. The monoisotopic (exact) mass is 347 g/mol. The van der Waals surface area contributed by atoms with E-state index in [-0.39, 0.29) is 30.4 Å². The van der Waals surface area contributed by atoms with Crippen LogP contribution in [0.3, 0.4) is 0 Å². The fraction of sp³-hybridized carbons (Fsp3) is 0.263. The number of carbonyl (C=O) groups is 2. The Kier molecular flexibility index (Phi) is 5.85. The first-order valence-corrected chi connectivity index (χ1v) is 7.88. The van der Waals surface area contributed by atoms with Gasteiger partial charge in [-0.05, 0) is 49.2 Å². The van der Waals surface area contributed by atoms with E-state index in [0.717, 1.165) is 0 Å². The van der Waals surface area contributed by atoms with Crippen molar-refractivity contribution in [2.24, 2.45) is 0 Å². The number of halogens is 2. The van der Waals surface area contributed by atoms with Gasteiger partial charge in [0, 0.05) is 12.6 Å². The van der Waals surface area contributed by atoms with Gasteiger partial charge in [0.1, 0.15) is 11.6 Å². The molecule has 0 aliphatic heterocycles. The standard InChI is InChI=1S/C19H19F2NO3/c1-12(2)22(10-9-18(23)24)19(25)16-8-5-14(11-17(16)21)13-3-6-15(20)7-4-13/h3-8,11-12H,9-10H2,1-2H3,(H,23,24). The Morgan fingerprint density at radius 1 is 1.04 bits per heavy atom. The van der Waals surface area contributed by atoms with Crippen molar-refractivity contribution in [2.45, 2.75) is 26.3 Å². The van der Waals surface area contributed by atoms with Crippen molar-refractivity contribution < 1.29 is 23.5 Å². The molecule has 25 heavy (non-hydrogen) atoms. The summed E-state index contributed by atoms with van der Waals surface area (Å²) < 4.78 is 27.4. The maximum Gasteiger partial charge on any atom is 0.305 e. The molecule has 2 aromatic rings. The quantitative estimate of drug-likeness (QED) is 0.861. The molecule has 0 unspecified atom stereocenters. The van der Waals surface area contributed by atoms with Crippen molar-refractivity contribution >= 4 is 11.9 Å². The molecule has 2 rings (SSSR count). The number of rotatable bonds is 6. The van der Waals surface area contributed by atoms with Crippen molar-refractivity contribution in [1.29, 1.82) is 0 Å². The molecule has 6 heteroatoms. The molecule has 0 aliphatic rings. The predicted molar refractivity (Wildman–Crippen MR) is 90.2 cm³/mol. The van der Waals surface area contributed by atoms with Crippen LogP contribution in [0.15, 0.2) is 42.5 Å². The van der Waals surface area contributed by atoms with Gasteiger partial charge in [0.15, 0.2) is 0 Å². The van der Waals surface area contributed by atoms with Gasteiger partial charge in [0.05, 0.1) is 12.0 Å². The summed E-state index contributed by atoms with van der Waals surface area (Å²) in [5.41, 5.74) is 1.03. The fourth-order valence-corrected chi connectivity index (χ4v) is 2.48. The van der Waals surface area contributed by atoms with Crippen LogP contribution in [-0.4, -0.2) is 34.5 Å². The second kappa shape index (κ2) is 7.88. The minimum Gasteiger partial charge on any atom is -0.481 e. The van der Waals surface area contributed by atoms with E-state index in [9.17, 15) is 18.4 Å². The largest absolute Gasteiger partial charge is 0.481 e. The molecule has 0 aromatic heterocycles. The maximum absolute atomic E-state index is 14.5. The Bertz CT molecular complexity index is 773. The summed E-state index contributed by atoms with van der Waals surface area (Å²) in [5.74, 6) is -2.67. The van der Waals surface area contributed by atoms with Gasteiger partial charge >= 0.3 is 5.97 Å². The molecule has 2 aromatic carbocycles. The van der Waals surface area contributed by atoms with E-state index in [1.165, 1.54) is 41.3 Å². The van der Waals surface area contributed by atoms with Crippen molar-refractivity contribution in [2.75, 3.05) is 6.54 Å². The van der Waals surface area contributed by atoms with Crippen LogP contribution in [0.5, 0.6) is 0 Å². The smallest absolute Gasteiger partial charge is 0.305 e. The highest BCUT2D eigenvalue weighted by Gasteiger charge is 2.22. The molecule has 0 atom stereocenters. The molecular weight excluding hydrogens is 328 g/mol. The second-order valence-electron chi connectivity index (χ2n) is 5.94. The van der Waals surface area contributed by atoms with Crippen LogP contribution in [0.4, 0.5) is 8.78 Å². The highest BCUT2D eigenvalue weighted by Crippen LogP contribution is 2.23. The molecule has 0 saturated heterocycles. The molecule has 1 amide bonds. The van der Waals surface area contributed by atoms with Gasteiger partial charge < -0.3 is 10.0 Å². The van der Waals surface area contributed by atoms with Crippen LogP contribution in [0, 0.1) is 11.6 Å². The van der Waals surface area contributed by atoms with Crippen LogP contribution >= 0.6 is 0 Å². The van der Waals surface area contributed by atoms with Crippen LogP contribution in [0.2, 0.25) is 0 Å². The number of aliphatic carboxylic acids is 1. The van der Waals surface area contributed by atoms with Crippen LogP contribution < -0.4 is 0 Å². The highest BCUT2D eigenvalue weighted by molar-refractivity contribution is 5.95. The third-order valence-corrected chi connectivity index (χ3v) is 3.83. The van der Waals surface area contributed by atoms with Gasteiger partial charge in [-0.3, -0.25) is 9.59 Å². The summed E-state index contributed by atoms with van der Waals surface area (Å²) in [6.07, 6.45) is -0.209. The van der Waals surface area contributed by atoms with Crippen molar-refractivity contribution in [3.63, 3.8) is 0 Å². The lowest BCUT2D eigenvalue weighted by Gasteiger charge is -2.26. The van der Waals surface area contributed by atoms with E-state index in [2.05, 4.69) is 0 Å². The Labute approximate surface area is 144 Å². The van der Waals surface area contributed by atoms with E-state index in [4.69, 9.17) is 5.11 Å². The van der Waals surface area contributed by atoms with Crippen LogP contribution in [-0.2, 0) is 4.79 Å². The first-order chi connectivity index (χ1) is 11.8. The molecule has 0 spiro atoms. The lowest BCUT2D eigenvalue weighted by Crippen LogP contribution is -2.38. The van der Waals surface area contributed by atoms with Gasteiger partial charge in [0.25, 0.3) is 5.91 Å².